The van der Waals surface area contributed by atoms with Crippen LogP contribution in [-0.2, 0) is 27.3 Å². The molecule has 0 aliphatic carbocycles. The van der Waals surface area contributed by atoms with E-state index in [-0.39, 0.29) is 42.5 Å². The topological polar surface area (TPSA) is 95.6 Å². The number of amides is 2. The molecule has 9 heteroatoms. The lowest BCUT2D eigenvalue weighted by atomic mass is 10.1. The van der Waals surface area contributed by atoms with E-state index in [4.69, 9.17) is 16.3 Å². The van der Waals surface area contributed by atoms with Gasteiger partial charge >= 0.3 is 5.97 Å². The smallest absolute Gasteiger partial charge is 0.326 e. The molecule has 8 nitrogen and oxygen atoms in total. The van der Waals surface area contributed by atoms with Crippen LogP contribution >= 0.6 is 11.6 Å². The molecular weight excluding hydrogens is 420 g/mol. The molecule has 4 rings (SSSR count). The molecule has 1 aromatic heterocycles. The molecule has 160 valence electrons. The summed E-state index contributed by atoms with van der Waals surface area (Å²) in [6, 6.07) is 8.79. The van der Waals surface area contributed by atoms with Crippen molar-refractivity contribution >= 4 is 40.8 Å². The molecule has 0 spiro atoms. The minimum absolute atomic E-state index is 0.168. The van der Waals surface area contributed by atoms with Gasteiger partial charge in [0.1, 0.15) is 24.9 Å². The molecule has 0 saturated heterocycles. The van der Waals surface area contributed by atoms with Gasteiger partial charge in [-0.15, -0.1) is 0 Å². The van der Waals surface area contributed by atoms with Gasteiger partial charge < -0.3 is 9.30 Å². The van der Waals surface area contributed by atoms with Crippen molar-refractivity contribution in [2.75, 3.05) is 29.5 Å². The highest BCUT2D eigenvalue weighted by atomic mass is 35.5. The number of aromatic nitrogens is 1. The average molecular weight is 441 g/mol. The first-order valence-electron chi connectivity index (χ1n) is 10.1. The Kier molecular flexibility index (Phi) is 5.70. The Labute approximate surface area is 184 Å². The fourth-order valence-corrected chi connectivity index (χ4v) is 4.32. The zero-order valence-corrected chi connectivity index (χ0v) is 17.8. The van der Waals surface area contributed by atoms with Gasteiger partial charge in [0.05, 0.1) is 17.9 Å². The van der Waals surface area contributed by atoms with E-state index in [1.54, 1.807) is 31.2 Å². The summed E-state index contributed by atoms with van der Waals surface area (Å²) >= 11 is 5.99. The van der Waals surface area contributed by atoms with E-state index in [1.807, 2.05) is 4.57 Å². The lowest BCUT2D eigenvalue weighted by Crippen LogP contribution is -2.42. The Hall–Kier alpha value is -3.31. The van der Waals surface area contributed by atoms with E-state index in [9.17, 15) is 19.6 Å². The second-order valence-corrected chi connectivity index (χ2v) is 7.83. The monoisotopic (exact) mass is 440 g/mol. The van der Waals surface area contributed by atoms with E-state index in [2.05, 4.69) is 6.07 Å². The number of esters is 1. The van der Waals surface area contributed by atoms with Crippen LogP contribution in [0.2, 0.25) is 5.02 Å². The summed E-state index contributed by atoms with van der Waals surface area (Å²) in [4.78, 5) is 41.8. The molecule has 2 aliphatic rings. The van der Waals surface area contributed by atoms with E-state index >= 15 is 0 Å². The summed E-state index contributed by atoms with van der Waals surface area (Å²) in [7, 11) is 0. The summed E-state index contributed by atoms with van der Waals surface area (Å²) in [6.07, 6.45) is 2.38. The van der Waals surface area contributed by atoms with Gasteiger partial charge in [-0.1, -0.05) is 11.6 Å². The molecule has 0 fully saturated rings. The third-order valence-electron chi connectivity index (χ3n) is 5.55. The Bertz CT molecular complexity index is 1100. The number of rotatable bonds is 4. The number of fused-ring (bicyclic) bond motifs is 3. The standard InChI is InChI=1S/C22H21ClN4O4/c1-2-31-19(29)13-27-18(28)12-26(15-8-6-14(23)7-9-15)22(30)21-20(27)16(11-24)17-5-3-4-10-25(17)21/h6-9H,2-5,10,12-13H2,1H3. The summed E-state index contributed by atoms with van der Waals surface area (Å²) < 4.78 is 6.87. The van der Waals surface area contributed by atoms with Crippen molar-refractivity contribution in [3.63, 3.8) is 0 Å². The summed E-state index contributed by atoms with van der Waals surface area (Å²) in [5, 5.41) is 10.4. The third-order valence-corrected chi connectivity index (χ3v) is 5.80. The largest absolute Gasteiger partial charge is 0.465 e. The number of benzene rings is 1. The highest BCUT2D eigenvalue weighted by molar-refractivity contribution is 6.30. The van der Waals surface area contributed by atoms with Crippen LogP contribution < -0.4 is 9.80 Å². The average Bonchev–Trinajstić information content (AvgIpc) is 3.05. The molecule has 0 bridgehead atoms. The number of carbonyl (C=O) groups is 3. The maximum Gasteiger partial charge on any atom is 0.326 e. The summed E-state index contributed by atoms with van der Waals surface area (Å²) in [5.41, 5.74) is 1.98. The van der Waals surface area contributed by atoms with Gasteiger partial charge in [-0.3, -0.25) is 24.2 Å². The molecule has 2 aliphatic heterocycles. The van der Waals surface area contributed by atoms with Gasteiger partial charge in [-0.05, 0) is 50.5 Å². The van der Waals surface area contributed by atoms with E-state index < -0.39 is 11.9 Å². The molecule has 0 N–H and O–H groups in total. The number of anilines is 2. The second kappa shape index (κ2) is 8.44. The zero-order valence-electron chi connectivity index (χ0n) is 17.1. The molecule has 31 heavy (non-hydrogen) atoms. The Balaban J connectivity index is 1.90. The van der Waals surface area contributed by atoms with Crippen molar-refractivity contribution < 1.29 is 19.1 Å². The predicted molar refractivity (Wildman–Crippen MR) is 114 cm³/mol. The molecule has 1 aromatic carbocycles. The maximum absolute atomic E-state index is 13.7. The van der Waals surface area contributed by atoms with Crippen LogP contribution in [0.1, 0.15) is 41.5 Å². The minimum atomic E-state index is -0.595. The lowest BCUT2D eigenvalue weighted by Gasteiger charge is -2.23. The minimum Gasteiger partial charge on any atom is -0.465 e. The summed E-state index contributed by atoms with van der Waals surface area (Å²) in [5.74, 6) is -1.45. The van der Waals surface area contributed by atoms with Gasteiger partial charge in [0, 0.05) is 22.9 Å². The molecule has 0 radical (unpaired) electrons. The quantitative estimate of drug-likeness (QED) is 0.681. The van der Waals surface area contributed by atoms with E-state index in [1.165, 1.54) is 9.80 Å². The number of hydrogen-bond acceptors (Lipinski definition) is 5. The Morgan fingerprint density at radius 3 is 2.65 bits per heavy atom. The number of ether oxygens (including phenoxy) is 1. The van der Waals surface area contributed by atoms with Crippen molar-refractivity contribution in [3.05, 3.63) is 46.2 Å². The van der Waals surface area contributed by atoms with Gasteiger partial charge in [-0.2, -0.15) is 5.26 Å². The molecule has 0 saturated carbocycles. The predicted octanol–water partition coefficient (Wildman–Crippen LogP) is 2.91. The van der Waals surface area contributed by atoms with Gasteiger partial charge in [-0.25, -0.2) is 0 Å². The lowest BCUT2D eigenvalue weighted by molar-refractivity contribution is -0.142. The molecule has 3 heterocycles. The van der Waals surface area contributed by atoms with Gasteiger partial charge in [0.2, 0.25) is 5.91 Å². The zero-order chi connectivity index (χ0) is 22.1. The number of hydrogen-bond donors (Lipinski definition) is 0. The fourth-order valence-electron chi connectivity index (χ4n) is 4.20. The van der Waals surface area contributed by atoms with Crippen molar-refractivity contribution in [3.8, 4) is 6.07 Å². The maximum atomic E-state index is 13.7. The summed E-state index contributed by atoms with van der Waals surface area (Å²) in [6.45, 7) is 1.79. The fraction of sp³-hybridized carbons (Fsp3) is 0.364. The Morgan fingerprint density at radius 2 is 1.97 bits per heavy atom. The van der Waals surface area contributed by atoms with Crippen molar-refractivity contribution in [1.29, 1.82) is 5.26 Å². The van der Waals surface area contributed by atoms with Gasteiger partial charge in [0.25, 0.3) is 5.91 Å². The first kappa shape index (κ1) is 20.9. The molecule has 0 atom stereocenters. The Morgan fingerprint density at radius 1 is 1.23 bits per heavy atom. The SMILES string of the molecule is CCOC(=O)CN1C(=O)CN(c2ccc(Cl)cc2)C(=O)c2c1c(C#N)c1n2CCCC1. The number of nitriles is 1. The van der Waals surface area contributed by atoms with Gasteiger partial charge in [0.15, 0.2) is 0 Å². The van der Waals surface area contributed by atoms with Crippen LogP contribution in [-0.4, -0.2) is 42.0 Å². The van der Waals surface area contributed by atoms with Crippen molar-refractivity contribution in [2.45, 2.75) is 32.7 Å². The first-order valence-corrected chi connectivity index (χ1v) is 10.5. The van der Waals surface area contributed by atoms with Crippen LogP contribution in [0, 0.1) is 11.3 Å². The first-order chi connectivity index (χ1) is 15.0. The molecule has 2 amide bonds. The van der Waals surface area contributed by atoms with Crippen molar-refractivity contribution in [2.24, 2.45) is 0 Å². The highest BCUT2D eigenvalue weighted by Gasteiger charge is 2.40. The van der Waals surface area contributed by atoms with Crippen LogP contribution in [0.3, 0.4) is 0 Å². The number of nitrogens with zero attached hydrogens (tertiary/aromatic N) is 4. The second-order valence-electron chi connectivity index (χ2n) is 7.39. The molecular formula is C22H21ClN4O4. The number of carbonyl (C=O) groups excluding carboxylic acids is 3. The highest BCUT2D eigenvalue weighted by Crippen LogP contribution is 2.38. The third kappa shape index (κ3) is 3.66. The van der Waals surface area contributed by atoms with Crippen LogP contribution in [0.5, 0.6) is 0 Å². The molecule has 2 aromatic rings. The van der Waals surface area contributed by atoms with E-state index in [0.717, 1.165) is 18.5 Å². The van der Waals surface area contributed by atoms with Crippen molar-refractivity contribution in [1.82, 2.24) is 4.57 Å². The number of halogens is 1. The molecule has 0 unspecified atom stereocenters. The normalized spacial score (nSPS) is 15.8. The van der Waals surface area contributed by atoms with E-state index in [0.29, 0.717) is 23.7 Å². The van der Waals surface area contributed by atoms with Crippen LogP contribution in [0.15, 0.2) is 24.3 Å². The van der Waals surface area contributed by atoms with Crippen LogP contribution in [0.25, 0.3) is 0 Å². The van der Waals surface area contributed by atoms with Crippen LogP contribution in [0.4, 0.5) is 11.4 Å².